The van der Waals surface area contributed by atoms with Crippen LogP contribution in [0, 0.1) is 5.82 Å². The Morgan fingerprint density at radius 2 is 1.77 bits per heavy atom. The number of carbonyl (C=O) groups excluding carboxylic acids is 2. The Morgan fingerprint density at radius 1 is 1.12 bits per heavy atom. The molecule has 0 aliphatic carbocycles. The number of halogens is 1. The van der Waals surface area contributed by atoms with Gasteiger partial charge in [-0.15, -0.1) is 11.8 Å². The molecular weight excluding hydrogens is 353 g/mol. The van der Waals surface area contributed by atoms with Gasteiger partial charge in [0, 0.05) is 16.3 Å². The van der Waals surface area contributed by atoms with E-state index in [2.05, 4.69) is 12.2 Å². The first kappa shape index (κ1) is 20.0. The maximum atomic E-state index is 12.8. The van der Waals surface area contributed by atoms with E-state index in [1.54, 1.807) is 19.1 Å². The Kier molecular flexibility index (Phi) is 7.66. The average Bonchev–Trinajstić information content (AvgIpc) is 2.64. The molecule has 2 rings (SSSR count). The van der Waals surface area contributed by atoms with Crippen molar-refractivity contribution in [2.24, 2.45) is 0 Å². The molecule has 6 heteroatoms. The quantitative estimate of drug-likeness (QED) is 0.547. The normalized spacial score (nSPS) is 11.7. The predicted octanol–water partition coefficient (Wildman–Crippen LogP) is 4.44. The summed E-state index contributed by atoms with van der Waals surface area (Å²) in [6.07, 6.45) is 0.229. The van der Waals surface area contributed by atoms with E-state index in [9.17, 15) is 14.0 Å². The number of esters is 1. The fourth-order valence-corrected chi connectivity index (χ4v) is 2.99. The Hall–Kier alpha value is -2.34. The van der Waals surface area contributed by atoms with Crippen molar-refractivity contribution in [3.63, 3.8) is 0 Å². The smallest absolute Gasteiger partial charge is 0.307 e. The fourth-order valence-electron chi connectivity index (χ4n) is 2.16. The molecule has 0 saturated carbocycles. The summed E-state index contributed by atoms with van der Waals surface area (Å²) in [5.74, 6) is -0.604. The van der Waals surface area contributed by atoms with Crippen molar-refractivity contribution >= 4 is 29.3 Å². The molecular formula is C20H22FNO3S. The summed E-state index contributed by atoms with van der Waals surface area (Å²) in [5, 5.41) is 2.73. The fraction of sp³-hybridized carbons (Fsp3) is 0.300. The summed E-state index contributed by atoms with van der Waals surface area (Å²) in [6.45, 7) is 3.60. The van der Waals surface area contributed by atoms with Crippen LogP contribution in [0.3, 0.4) is 0 Å². The summed E-state index contributed by atoms with van der Waals surface area (Å²) in [4.78, 5) is 24.8. The van der Waals surface area contributed by atoms with Crippen molar-refractivity contribution in [1.29, 1.82) is 0 Å². The van der Waals surface area contributed by atoms with Crippen LogP contribution in [0.5, 0.6) is 0 Å². The van der Waals surface area contributed by atoms with E-state index in [4.69, 9.17) is 4.74 Å². The number of anilines is 1. The number of benzene rings is 2. The highest BCUT2D eigenvalue weighted by molar-refractivity contribution is 7.99. The molecule has 26 heavy (non-hydrogen) atoms. The molecule has 0 aromatic heterocycles. The maximum absolute atomic E-state index is 12.8. The van der Waals surface area contributed by atoms with Crippen molar-refractivity contribution in [3.05, 3.63) is 59.9 Å². The number of hydrogen-bond donors (Lipinski definition) is 1. The monoisotopic (exact) mass is 375 g/mol. The first-order chi connectivity index (χ1) is 12.5. The van der Waals surface area contributed by atoms with Gasteiger partial charge >= 0.3 is 5.97 Å². The molecule has 2 aromatic carbocycles. The molecule has 4 nitrogen and oxygen atoms in total. The van der Waals surface area contributed by atoms with Gasteiger partial charge in [0.25, 0.3) is 5.91 Å². The van der Waals surface area contributed by atoms with Gasteiger partial charge in [-0.3, -0.25) is 9.59 Å². The molecule has 138 valence electrons. The summed E-state index contributed by atoms with van der Waals surface area (Å²) < 4.78 is 18.0. The lowest BCUT2D eigenvalue weighted by Gasteiger charge is -2.13. The van der Waals surface area contributed by atoms with Gasteiger partial charge < -0.3 is 10.1 Å². The summed E-state index contributed by atoms with van der Waals surface area (Å²) >= 11 is 1.43. The minimum absolute atomic E-state index is 0.171. The highest BCUT2D eigenvalue weighted by Gasteiger charge is 2.17. The number of carbonyl (C=O) groups is 2. The van der Waals surface area contributed by atoms with Gasteiger partial charge in [0.05, 0.1) is 6.42 Å². The highest BCUT2D eigenvalue weighted by Crippen LogP contribution is 2.19. The Morgan fingerprint density at radius 3 is 2.38 bits per heavy atom. The Bertz CT molecular complexity index is 732. The van der Waals surface area contributed by atoms with E-state index in [1.165, 1.54) is 29.5 Å². The lowest BCUT2D eigenvalue weighted by atomic mass is 10.1. The van der Waals surface area contributed by atoms with Gasteiger partial charge in [-0.25, -0.2) is 4.39 Å². The summed E-state index contributed by atoms with van der Waals surface area (Å²) in [6, 6.07) is 13.6. The molecule has 0 radical (unpaired) electrons. The second-order valence-electron chi connectivity index (χ2n) is 5.72. The molecule has 2 aromatic rings. The number of hydrogen-bond acceptors (Lipinski definition) is 4. The van der Waals surface area contributed by atoms with Crippen LogP contribution in [-0.4, -0.2) is 23.7 Å². The zero-order chi connectivity index (χ0) is 18.9. The number of nitrogens with one attached hydrogen (secondary N) is 1. The van der Waals surface area contributed by atoms with Gasteiger partial charge in [0.1, 0.15) is 5.82 Å². The van der Waals surface area contributed by atoms with Crippen molar-refractivity contribution in [2.45, 2.75) is 37.7 Å². The number of aryl methyl sites for hydroxylation is 1. The van der Waals surface area contributed by atoms with E-state index in [0.29, 0.717) is 11.4 Å². The van der Waals surface area contributed by atoms with Gasteiger partial charge in [0.2, 0.25) is 0 Å². The van der Waals surface area contributed by atoms with Crippen LogP contribution in [-0.2, 0) is 20.7 Å². The Labute approximate surface area is 157 Å². The third-order valence-electron chi connectivity index (χ3n) is 3.70. The van der Waals surface area contributed by atoms with Crippen molar-refractivity contribution < 1.29 is 18.7 Å². The SMILES string of the molecule is CCc1ccc(NC(=O)[C@@H](C)OC(=O)CCSc2ccc(F)cc2)cc1. The molecule has 0 aliphatic heterocycles. The molecule has 1 amide bonds. The number of amides is 1. The number of rotatable bonds is 8. The summed E-state index contributed by atoms with van der Waals surface area (Å²) in [7, 11) is 0. The average molecular weight is 375 g/mol. The second kappa shape index (κ2) is 9.97. The van der Waals surface area contributed by atoms with E-state index in [-0.39, 0.29) is 18.1 Å². The third kappa shape index (κ3) is 6.52. The standard InChI is InChI=1S/C20H22FNO3S/c1-3-15-4-8-17(9-5-15)22-20(24)14(2)25-19(23)12-13-26-18-10-6-16(21)7-11-18/h4-11,14H,3,12-13H2,1-2H3,(H,22,24)/t14-/m1/s1. The predicted molar refractivity (Wildman–Crippen MR) is 102 cm³/mol. The number of thioether (sulfide) groups is 1. The molecule has 0 bridgehead atoms. The first-order valence-electron chi connectivity index (χ1n) is 8.45. The van der Waals surface area contributed by atoms with Gasteiger partial charge in [-0.2, -0.15) is 0 Å². The zero-order valence-corrected chi connectivity index (χ0v) is 15.6. The van der Waals surface area contributed by atoms with Crippen LogP contribution in [0.25, 0.3) is 0 Å². The molecule has 0 fully saturated rings. The third-order valence-corrected chi connectivity index (χ3v) is 4.71. The largest absolute Gasteiger partial charge is 0.453 e. The summed E-state index contributed by atoms with van der Waals surface area (Å²) in [5.41, 5.74) is 1.85. The van der Waals surface area contributed by atoms with Crippen LogP contribution < -0.4 is 5.32 Å². The van der Waals surface area contributed by atoms with E-state index >= 15 is 0 Å². The van der Waals surface area contributed by atoms with Gasteiger partial charge in [-0.1, -0.05) is 19.1 Å². The molecule has 0 saturated heterocycles. The molecule has 1 atom stereocenters. The lowest BCUT2D eigenvalue weighted by molar-refractivity contribution is -0.152. The molecule has 1 N–H and O–H groups in total. The maximum Gasteiger partial charge on any atom is 0.307 e. The molecule has 0 unspecified atom stereocenters. The van der Waals surface area contributed by atoms with Gasteiger partial charge in [0.15, 0.2) is 6.10 Å². The lowest BCUT2D eigenvalue weighted by Crippen LogP contribution is -2.30. The van der Waals surface area contributed by atoms with Crippen molar-refractivity contribution in [3.8, 4) is 0 Å². The Balaban J connectivity index is 1.72. The van der Waals surface area contributed by atoms with Crippen LogP contribution in [0.2, 0.25) is 0 Å². The zero-order valence-electron chi connectivity index (χ0n) is 14.8. The number of ether oxygens (including phenoxy) is 1. The van der Waals surface area contributed by atoms with Crippen LogP contribution >= 0.6 is 11.8 Å². The van der Waals surface area contributed by atoms with E-state index in [0.717, 1.165) is 11.3 Å². The van der Waals surface area contributed by atoms with Crippen LogP contribution in [0.1, 0.15) is 25.8 Å². The molecule has 0 heterocycles. The molecule has 0 aliphatic rings. The van der Waals surface area contributed by atoms with Crippen LogP contribution in [0.15, 0.2) is 53.4 Å². The first-order valence-corrected chi connectivity index (χ1v) is 9.44. The minimum Gasteiger partial charge on any atom is -0.453 e. The van der Waals surface area contributed by atoms with Crippen molar-refractivity contribution in [1.82, 2.24) is 0 Å². The van der Waals surface area contributed by atoms with E-state index < -0.39 is 12.1 Å². The van der Waals surface area contributed by atoms with Crippen molar-refractivity contribution in [2.75, 3.05) is 11.1 Å². The topological polar surface area (TPSA) is 55.4 Å². The second-order valence-corrected chi connectivity index (χ2v) is 6.89. The van der Waals surface area contributed by atoms with Crippen LogP contribution in [0.4, 0.5) is 10.1 Å². The van der Waals surface area contributed by atoms with Gasteiger partial charge in [-0.05, 0) is 55.3 Å². The highest BCUT2D eigenvalue weighted by atomic mass is 32.2. The molecule has 0 spiro atoms. The minimum atomic E-state index is -0.871. The van der Waals surface area contributed by atoms with E-state index in [1.807, 2.05) is 24.3 Å².